The number of carbonyl (C=O) groups is 2. The maximum absolute atomic E-state index is 11.4. The second-order valence-corrected chi connectivity index (χ2v) is 4.39. The molecule has 0 aliphatic heterocycles. The molecule has 1 saturated carbocycles. The molecule has 1 aliphatic rings. The summed E-state index contributed by atoms with van der Waals surface area (Å²) in [6, 6.07) is 0. The fourth-order valence-electron chi connectivity index (χ4n) is 1.01. The molecule has 0 spiro atoms. The lowest BCUT2D eigenvalue weighted by Gasteiger charge is -2.21. The summed E-state index contributed by atoms with van der Waals surface area (Å²) >= 11 is 0. The van der Waals surface area contributed by atoms with E-state index >= 15 is 0 Å². The first-order valence-corrected chi connectivity index (χ1v) is 4.25. The zero-order valence-corrected chi connectivity index (χ0v) is 8.79. The van der Waals surface area contributed by atoms with E-state index in [1.165, 1.54) is 0 Å². The van der Waals surface area contributed by atoms with Gasteiger partial charge in [-0.2, -0.15) is 0 Å². The maximum atomic E-state index is 11.4. The lowest BCUT2D eigenvalue weighted by Crippen LogP contribution is -2.34. The van der Waals surface area contributed by atoms with Gasteiger partial charge in [-0.25, -0.2) is 0 Å². The van der Waals surface area contributed by atoms with E-state index in [1.54, 1.807) is 20.8 Å². The molecule has 14 heavy (non-hydrogen) atoms. The van der Waals surface area contributed by atoms with Crippen molar-refractivity contribution >= 4 is 11.9 Å². The average molecular weight is 203 g/mol. The minimum atomic E-state index is -1.23. The number of rotatable bonds is 2. The number of ether oxygens (including phenoxy) is 1. The highest BCUT2D eigenvalue weighted by atomic mass is 16.6. The van der Waals surface area contributed by atoms with E-state index in [0.29, 0.717) is 12.8 Å². The quantitative estimate of drug-likeness (QED) is 0.521. The van der Waals surface area contributed by atoms with E-state index < -0.39 is 23.0 Å². The number of hydrogen-bond acceptors (Lipinski definition) is 4. The van der Waals surface area contributed by atoms with Gasteiger partial charge in [0, 0.05) is 0 Å². The highest BCUT2D eigenvalue weighted by molar-refractivity contribution is 6.02. The van der Waals surface area contributed by atoms with Gasteiger partial charge >= 0.3 is 11.9 Å². The Bertz CT molecular complexity index is 250. The third kappa shape index (κ3) is 2.45. The molecule has 0 unspecified atom stereocenters. The lowest BCUT2D eigenvalue weighted by molar-refractivity contribution is -0.169. The summed E-state index contributed by atoms with van der Waals surface area (Å²) in [6.45, 7) is 5.18. The normalized spacial score (nSPS) is 17.9. The minimum absolute atomic E-state index is 0. The molecule has 0 aromatic rings. The molecule has 0 atom stereocenters. The van der Waals surface area contributed by atoms with Gasteiger partial charge in [0.05, 0.1) is 0 Å². The van der Waals surface area contributed by atoms with Gasteiger partial charge in [0.2, 0.25) is 0 Å². The van der Waals surface area contributed by atoms with Gasteiger partial charge in [0.1, 0.15) is 5.60 Å². The van der Waals surface area contributed by atoms with Crippen molar-refractivity contribution in [2.45, 2.75) is 39.2 Å². The van der Waals surface area contributed by atoms with Crippen LogP contribution >= 0.6 is 0 Å². The Morgan fingerprint density at radius 2 is 1.71 bits per heavy atom. The van der Waals surface area contributed by atoms with Gasteiger partial charge in [-0.3, -0.25) is 9.59 Å². The first-order valence-electron chi connectivity index (χ1n) is 4.25. The highest BCUT2D eigenvalue weighted by Gasteiger charge is 2.59. The smallest absolute Gasteiger partial charge is 0.323 e. The largest absolute Gasteiger partial charge is 0.480 e. The van der Waals surface area contributed by atoms with Crippen LogP contribution in [-0.2, 0) is 14.3 Å². The van der Waals surface area contributed by atoms with Gasteiger partial charge in [-0.05, 0) is 33.6 Å². The van der Waals surface area contributed by atoms with Crippen molar-refractivity contribution in [3.63, 3.8) is 0 Å². The molecule has 0 aromatic heterocycles. The van der Waals surface area contributed by atoms with Crippen molar-refractivity contribution in [3.8, 4) is 0 Å². The first kappa shape index (κ1) is 12.9. The molecule has 0 heterocycles. The summed E-state index contributed by atoms with van der Waals surface area (Å²) < 4.78 is 5.01. The fraction of sp³-hybridized carbons (Fsp3) is 0.778. The van der Waals surface area contributed by atoms with Crippen LogP contribution in [0.3, 0.4) is 0 Å². The van der Waals surface area contributed by atoms with Crippen molar-refractivity contribution in [2.24, 2.45) is 5.41 Å². The Morgan fingerprint density at radius 1 is 1.29 bits per heavy atom. The van der Waals surface area contributed by atoms with Crippen LogP contribution in [0.25, 0.3) is 0 Å². The SMILES string of the molecule is CC(C)(C)OC(=O)C1(C(=O)O)CC1.N. The van der Waals surface area contributed by atoms with Crippen LogP contribution in [0.5, 0.6) is 0 Å². The third-order valence-corrected chi connectivity index (χ3v) is 1.95. The Balaban J connectivity index is 0.00000169. The number of hydrogen-bond donors (Lipinski definition) is 2. The van der Waals surface area contributed by atoms with Gasteiger partial charge in [0.25, 0.3) is 0 Å². The molecule has 4 N–H and O–H groups in total. The van der Waals surface area contributed by atoms with E-state index in [4.69, 9.17) is 9.84 Å². The molecule has 0 saturated heterocycles. The summed E-state index contributed by atoms with van der Waals surface area (Å²) in [7, 11) is 0. The summed E-state index contributed by atoms with van der Waals surface area (Å²) in [5, 5.41) is 8.77. The molecular formula is C9H17NO4. The summed E-state index contributed by atoms with van der Waals surface area (Å²) in [5.74, 6) is -1.67. The second-order valence-electron chi connectivity index (χ2n) is 4.39. The standard InChI is InChI=1S/C9H14O4.H3N/c1-8(2,3)13-7(12)9(4-5-9)6(10)11;/h4-5H2,1-3H3,(H,10,11);1H3. The van der Waals surface area contributed by atoms with Gasteiger partial charge in [-0.1, -0.05) is 0 Å². The Kier molecular flexibility index (Phi) is 3.29. The molecular weight excluding hydrogens is 186 g/mol. The van der Waals surface area contributed by atoms with Crippen molar-refractivity contribution in [2.75, 3.05) is 0 Å². The fourth-order valence-corrected chi connectivity index (χ4v) is 1.01. The maximum Gasteiger partial charge on any atom is 0.323 e. The average Bonchev–Trinajstić information content (AvgIpc) is 2.59. The molecule has 1 aliphatic carbocycles. The minimum Gasteiger partial charge on any atom is -0.480 e. The topological polar surface area (TPSA) is 98.6 Å². The van der Waals surface area contributed by atoms with Crippen LogP contribution in [0, 0.1) is 5.41 Å². The van der Waals surface area contributed by atoms with Crippen molar-refractivity contribution in [1.82, 2.24) is 6.15 Å². The number of esters is 1. The van der Waals surface area contributed by atoms with Crippen molar-refractivity contribution in [3.05, 3.63) is 0 Å². The Labute approximate surface area is 83.0 Å². The molecule has 5 nitrogen and oxygen atoms in total. The van der Waals surface area contributed by atoms with Crippen LogP contribution in [0.2, 0.25) is 0 Å². The van der Waals surface area contributed by atoms with Gasteiger partial charge < -0.3 is 16.0 Å². The zero-order valence-electron chi connectivity index (χ0n) is 8.79. The molecule has 0 radical (unpaired) electrons. The van der Waals surface area contributed by atoms with Crippen LogP contribution in [0.4, 0.5) is 0 Å². The van der Waals surface area contributed by atoms with E-state index in [9.17, 15) is 9.59 Å². The van der Waals surface area contributed by atoms with Crippen molar-refractivity contribution in [1.29, 1.82) is 0 Å². The Hall–Kier alpha value is -1.10. The Morgan fingerprint density at radius 3 is 1.93 bits per heavy atom. The molecule has 5 heteroatoms. The van der Waals surface area contributed by atoms with Crippen LogP contribution in [0.15, 0.2) is 0 Å². The van der Waals surface area contributed by atoms with Crippen LogP contribution in [-0.4, -0.2) is 22.6 Å². The lowest BCUT2D eigenvalue weighted by atomic mass is 10.1. The van der Waals surface area contributed by atoms with Crippen LogP contribution < -0.4 is 6.15 Å². The number of carboxylic acid groups (broad SMARTS) is 1. The number of carboxylic acids is 1. The molecule has 1 rings (SSSR count). The number of aliphatic carboxylic acids is 1. The summed E-state index contributed by atoms with van der Waals surface area (Å²) in [4.78, 5) is 22.1. The van der Waals surface area contributed by atoms with E-state index in [-0.39, 0.29) is 6.15 Å². The number of carbonyl (C=O) groups excluding carboxylic acids is 1. The van der Waals surface area contributed by atoms with E-state index in [1.807, 2.05) is 0 Å². The monoisotopic (exact) mass is 203 g/mol. The van der Waals surface area contributed by atoms with Crippen molar-refractivity contribution < 1.29 is 19.4 Å². The molecule has 82 valence electrons. The molecule has 0 amide bonds. The summed E-state index contributed by atoms with van der Waals surface area (Å²) in [6.07, 6.45) is 0.800. The van der Waals surface area contributed by atoms with E-state index in [0.717, 1.165) is 0 Å². The first-order chi connectivity index (χ1) is 5.78. The highest BCUT2D eigenvalue weighted by Crippen LogP contribution is 2.47. The third-order valence-electron chi connectivity index (χ3n) is 1.95. The van der Waals surface area contributed by atoms with Crippen LogP contribution in [0.1, 0.15) is 33.6 Å². The summed E-state index contributed by atoms with van der Waals surface area (Å²) in [5.41, 5.74) is -1.84. The second kappa shape index (κ2) is 3.57. The van der Waals surface area contributed by atoms with Gasteiger partial charge in [0.15, 0.2) is 5.41 Å². The zero-order chi connectivity index (χ0) is 10.3. The predicted octanol–water partition coefficient (Wildman–Crippen LogP) is 1.35. The van der Waals surface area contributed by atoms with E-state index in [2.05, 4.69) is 0 Å². The molecule has 0 bridgehead atoms. The molecule has 1 fully saturated rings. The molecule has 0 aromatic carbocycles. The predicted molar refractivity (Wildman–Crippen MR) is 50.2 cm³/mol. The van der Waals surface area contributed by atoms with Gasteiger partial charge in [-0.15, -0.1) is 0 Å².